The molecule has 1 aromatic carbocycles. The Labute approximate surface area is 186 Å². The van der Waals surface area contributed by atoms with E-state index in [1.807, 2.05) is 9.80 Å². The van der Waals surface area contributed by atoms with Crippen molar-refractivity contribution < 1.29 is 14.0 Å². The van der Waals surface area contributed by atoms with Crippen LogP contribution in [0, 0.1) is 11.7 Å². The lowest BCUT2D eigenvalue weighted by atomic mass is 10.1. The first kappa shape index (κ1) is 23.7. The zero-order valence-electron chi connectivity index (χ0n) is 19.0. The predicted molar refractivity (Wildman–Crippen MR) is 121 cm³/mol. The highest BCUT2D eigenvalue weighted by Crippen LogP contribution is 2.27. The fraction of sp³-hybridized carbons (Fsp3) is 0.680. The summed E-state index contributed by atoms with van der Waals surface area (Å²) < 4.78 is 13.3. The highest BCUT2D eigenvalue weighted by molar-refractivity contribution is 5.79. The lowest BCUT2D eigenvalue weighted by Crippen LogP contribution is -2.51. The van der Waals surface area contributed by atoms with E-state index in [4.69, 9.17) is 0 Å². The van der Waals surface area contributed by atoms with Crippen LogP contribution in [0.3, 0.4) is 0 Å². The summed E-state index contributed by atoms with van der Waals surface area (Å²) >= 11 is 0. The van der Waals surface area contributed by atoms with Gasteiger partial charge in [0.2, 0.25) is 11.8 Å². The number of halogens is 1. The molecule has 2 aliphatic rings. The van der Waals surface area contributed by atoms with Gasteiger partial charge in [0.1, 0.15) is 5.82 Å². The quantitative estimate of drug-likeness (QED) is 0.525. The minimum atomic E-state index is -0.255. The first-order valence-electron chi connectivity index (χ1n) is 12.1. The number of rotatable bonds is 10. The maximum Gasteiger partial charge on any atom is 0.225 e. The summed E-state index contributed by atoms with van der Waals surface area (Å²) in [5.74, 6) is 0.516. The molecule has 172 valence electrons. The molecule has 0 atom stereocenters. The molecule has 3 rings (SSSR count). The van der Waals surface area contributed by atoms with E-state index in [0.29, 0.717) is 25.4 Å². The summed E-state index contributed by atoms with van der Waals surface area (Å²) in [6, 6.07) is 6.43. The number of carbonyl (C=O) groups excluding carboxylic acids is 2. The second kappa shape index (κ2) is 12.2. The van der Waals surface area contributed by atoms with Gasteiger partial charge in [-0.3, -0.25) is 14.5 Å². The number of hydrogen-bond donors (Lipinski definition) is 0. The molecule has 0 unspecified atom stereocenters. The van der Waals surface area contributed by atoms with Crippen LogP contribution in [-0.4, -0.2) is 65.8 Å². The van der Waals surface area contributed by atoms with E-state index in [1.54, 1.807) is 12.1 Å². The average Bonchev–Trinajstić information content (AvgIpc) is 3.33. The highest BCUT2D eigenvalue weighted by atomic mass is 19.1. The molecular formula is C25H38FN3O2. The predicted octanol–water partition coefficient (Wildman–Crippen LogP) is 4.07. The molecule has 0 aromatic heterocycles. The highest BCUT2D eigenvalue weighted by Gasteiger charge is 2.29. The van der Waals surface area contributed by atoms with E-state index in [-0.39, 0.29) is 17.6 Å². The van der Waals surface area contributed by atoms with Crippen molar-refractivity contribution in [1.29, 1.82) is 0 Å². The molecule has 1 heterocycles. The van der Waals surface area contributed by atoms with Gasteiger partial charge in [0, 0.05) is 58.2 Å². The minimum absolute atomic E-state index is 0.174. The summed E-state index contributed by atoms with van der Waals surface area (Å²) in [5, 5.41) is 0. The first-order chi connectivity index (χ1) is 15.1. The number of unbranched alkanes of at least 4 members (excludes halogenated alkanes) is 2. The number of amides is 2. The third-order valence-corrected chi connectivity index (χ3v) is 6.71. The Bertz CT molecular complexity index is 695. The molecular weight excluding hydrogens is 393 g/mol. The van der Waals surface area contributed by atoms with E-state index in [9.17, 15) is 14.0 Å². The molecule has 0 bridgehead atoms. The molecule has 1 aliphatic carbocycles. The van der Waals surface area contributed by atoms with E-state index < -0.39 is 0 Å². The topological polar surface area (TPSA) is 43.9 Å². The fourth-order valence-corrected chi connectivity index (χ4v) is 4.67. The third kappa shape index (κ3) is 7.30. The van der Waals surface area contributed by atoms with Crippen LogP contribution >= 0.6 is 0 Å². The van der Waals surface area contributed by atoms with E-state index in [0.717, 1.165) is 70.4 Å². The van der Waals surface area contributed by atoms with Crippen molar-refractivity contribution in [3.63, 3.8) is 0 Å². The zero-order valence-corrected chi connectivity index (χ0v) is 19.0. The SMILES string of the molecule is CCCCCC(=O)N(CCN1CCN(C(=O)C2CCCC2)CC1)Cc1ccc(F)cc1. The largest absolute Gasteiger partial charge is 0.340 e. The lowest BCUT2D eigenvalue weighted by molar-refractivity contribution is -0.137. The number of carbonyl (C=O) groups is 2. The standard InChI is InChI=1S/C25H38FN3O2/c1-2-3-4-9-24(30)29(20-21-10-12-23(26)13-11-21)19-16-27-14-17-28(18-15-27)25(31)22-7-5-6-8-22/h10-13,22H,2-9,14-20H2,1H3. The monoisotopic (exact) mass is 431 g/mol. The molecule has 0 N–H and O–H groups in total. The van der Waals surface area contributed by atoms with Gasteiger partial charge < -0.3 is 9.80 Å². The third-order valence-electron chi connectivity index (χ3n) is 6.71. The van der Waals surface area contributed by atoms with Crippen LogP contribution in [0.15, 0.2) is 24.3 Å². The van der Waals surface area contributed by atoms with Crippen LogP contribution in [-0.2, 0) is 16.1 Å². The van der Waals surface area contributed by atoms with Crippen molar-refractivity contribution in [3.05, 3.63) is 35.6 Å². The Kier molecular flexibility index (Phi) is 9.31. The van der Waals surface area contributed by atoms with Crippen molar-refractivity contribution >= 4 is 11.8 Å². The van der Waals surface area contributed by atoms with Gasteiger partial charge in [-0.15, -0.1) is 0 Å². The zero-order chi connectivity index (χ0) is 22.1. The van der Waals surface area contributed by atoms with Crippen molar-refractivity contribution in [2.24, 2.45) is 5.92 Å². The van der Waals surface area contributed by atoms with Crippen LogP contribution in [0.1, 0.15) is 63.9 Å². The maximum absolute atomic E-state index is 13.3. The van der Waals surface area contributed by atoms with Gasteiger partial charge >= 0.3 is 0 Å². The van der Waals surface area contributed by atoms with Crippen LogP contribution < -0.4 is 0 Å². The Balaban J connectivity index is 1.49. The van der Waals surface area contributed by atoms with Gasteiger partial charge in [0.25, 0.3) is 0 Å². The Hall–Kier alpha value is -1.95. The first-order valence-corrected chi connectivity index (χ1v) is 12.1. The van der Waals surface area contributed by atoms with Crippen molar-refractivity contribution in [2.75, 3.05) is 39.3 Å². The van der Waals surface area contributed by atoms with Gasteiger partial charge in [0.05, 0.1) is 0 Å². The molecule has 2 amide bonds. The Morgan fingerprint density at radius 2 is 1.71 bits per heavy atom. The summed E-state index contributed by atoms with van der Waals surface area (Å²) in [6.45, 7) is 7.45. The molecule has 1 saturated carbocycles. The molecule has 2 fully saturated rings. The molecule has 1 aromatic rings. The second-order valence-corrected chi connectivity index (χ2v) is 9.05. The van der Waals surface area contributed by atoms with Gasteiger partial charge in [-0.2, -0.15) is 0 Å². The molecule has 5 nitrogen and oxygen atoms in total. The lowest BCUT2D eigenvalue weighted by Gasteiger charge is -2.37. The summed E-state index contributed by atoms with van der Waals surface area (Å²) in [7, 11) is 0. The van der Waals surface area contributed by atoms with E-state index >= 15 is 0 Å². The molecule has 6 heteroatoms. The Morgan fingerprint density at radius 1 is 1.03 bits per heavy atom. The summed E-state index contributed by atoms with van der Waals surface area (Å²) in [6.07, 6.45) is 8.12. The van der Waals surface area contributed by atoms with Crippen molar-refractivity contribution in [3.8, 4) is 0 Å². The minimum Gasteiger partial charge on any atom is -0.340 e. The number of nitrogens with zero attached hydrogens (tertiary/aromatic N) is 3. The summed E-state index contributed by atoms with van der Waals surface area (Å²) in [5.41, 5.74) is 0.956. The van der Waals surface area contributed by atoms with Crippen LogP contribution in [0.5, 0.6) is 0 Å². The van der Waals surface area contributed by atoms with Gasteiger partial charge in [-0.25, -0.2) is 4.39 Å². The van der Waals surface area contributed by atoms with Crippen LogP contribution in [0.2, 0.25) is 0 Å². The van der Waals surface area contributed by atoms with Gasteiger partial charge in [-0.1, -0.05) is 44.7 Å². The number of hydrogen-bond acceptors (Lipinski definition) is 3. The molecule has 1 aliphatic heterocycles. The van der Waals surface area contributed by atoms with Crippen molar-refractivity contribution in [2.45, 2.75) is 64.8 Å². The van der Waals surface area contributed by atoms with E-state index in [2.05, 4.69) is 11.8 Å². The smallest absolute Gasteiger partial charge is 0.225 e. The average molecular weight is 432 g/mol. The fourth-order valence-electron chi connectivity index (χ4n) is 4.67. The van der Waals surface area contributed by atoms with E-state index in [1.165, 1.54) is 25.0 Å². The number of benzene rings is 1. The van der Waals surface area contributed by atoms with Gasteiger partial charge in [-0.05, 0) is 37.0 Å². The molecule has 31 heavy (non-hydrogen) atoms. The Morgan fingerprint density at radius 3 is 2.35 bits per heavy atom. The second-order valence-electron chi connectivity index (χ2n) is 9.05. The molecule has 1 saturated heterocycles. The van der Waals surface area contributed by atoms with Crippen LogP contribution in [0.4, 0.5) is 4.39 Å². The molecule has 0 spiro atoms. The van der Waals surface area contributed by atoms with Crippen molar-refractivity contribution in [1.82, 2.24) is 14.7 Å². The maximum atomic E-state index is 13.3. The molecule has 0 radical (unpaired) electrons. The normalized spacial score (nSPS) is 17.8. The van der Waals surface area contributed by atoms with Gasteiger partial charge in [0.15, 0.2) is 0 Å². The summed E-state index contributed by atoms with van der Waals surface area (Å²) in [4.78, 5) is 31.8. The van der Waals surface area contributed by atoms with Crippen LogP contribution in [0.25, 0.3) is 0 Å². The number of piperazine rings is 1.